The molecule has 1 amide bonds. The molecule has 24 heavy (non-hydrogen) atoms. The Morgan fingerprint density at radius 1 is 1.17 bits per heavy atom. The van der Waals surface area contributed by atoms with Crippen LogP contribution in [0.5, 0.6) is 0 Å². The normalized spacial score (nSPS) is 19.6. The van der Waals surface area contributed by atoms with Gasteiger partial charge in [0.25, 0.3) is 0 Å². The lowest BCUT2D eigenvalue weighted by Gasteiger charge is -2.39. The minimum atomic E-state index is -2.59. The lowest BCUT2D eigenvalue weighted by molar-refractivity contribution is -0.0509. The molecule has 2 rings (SSSR count). The van der Waals surface area contributed by atoms with E-state index in [1.807, 2.05) is 12.1 Å². The zero-order valence-electron chi connectivity index (χ0n) is 14.5. The monoisotopic (exact) mass is 340 g/mol. The molecule has 1 saturated carbocycles. The van der Waals surface area contributed by atoms with Crippen molar-refractivity contribution >= 4 is 11.8 Å². The van der Waals surface area contributed by atoms with Crippen molar-refractivity contribution < 1.29 is 18.3 Å². The maximum absolute atomic E-state index is 13.4. The van der Waals surface area contributed by atoms with E-state index in [0.717, 1.165) is 5.56 Å². The predicted molar refractivity (Wildman–Crippen MR) is 90.4 cm³/mol. The molecule has 0 unspecified atom stereocenters. The quantitative estimate of drug-likeness (QED) is 0.855. The van der Waals surface area contributed by atoms with Crippen LogP contribution in [0.3, 0.4) is 0 Å². The number of alkyl halides is 2. The van der Waals surface area contributed by atoms with Crippen molar-refractivity contribution in [2.75, 3.05) is 11.9 Å². The van der Waals surface area contributed by atoms with Crippen molar-refractivity contribution in [3.05, 3.63) is 29.8 Å². The van der Waals surface area contributed by atoms with Gasteiger partial charge in [-0.1, -0.05) is 12.1 Å². The standard InChI is InChI=1S/C18H26F2N2O2/c1-16(2,3)24-15(23)22-14-6-4-13(5-7-14)17(12-21)8-10-18(19,20)11-9-17/h4-7H,8-12,21H2,1-3H3,(H,22,23). The fourth-order valence-corrected chi connectivity index (χ4v) is 3.03. The number of nitrogens with one attached hydrogen (secondary N) is 1. The van der Waals surface area contributed by atoms with Crippen LogP contribution >= 0.6 is 0 Å². The van der Waals surface area contributed by atoms with Crippen molar-refractivity contribution in [3.63, 3.8) is 0 Å². The number of halogens is 2. The van der Waals surface area contributed by atoms with Gasteiger partial charge in [-0.05, 0) is 51.3 Å². The second-order valence-corrected chi connectivity index (χ2v) is 7.54. The van der Waals surface area contributed by atoms with Crippen LogP contribution in [0, 0.1) is 0 Å². The molecule has 1 aliphatic carbocycles. The molecule has 0 spiro atoms. The maximum atomic E-state index is 13.4. The molecule has 1 aromatic rings. The topological polar surface area (TPSA) is 64.3 Å². The highest BCUT2D eigenvalue weighted by Crippen LogP contribution is 2.45. The summed E-state index contributed by atoms with van der Waals surface area (Å²) in [6, 6.07) is 7.21. The Bertz CT molecular complexity index is 570. The molecule has 1 aromatic carbocycles. The Labute approximate surface area is 141 Å². The van der Waals surface area contributed by atoms with E-state index in [4.69, 9.17) is 10.5 Å². The van der Waals surface area contributed by atoms with Crippen molar-refractivity contribution in [1.82, 2.24) is 0 Å². The van der Waals surface area contributed by atoms with Crippen LogP contribution in [-0.2, 0) is 10.2 Å². The molecule has 3 N–H and O–H groups in total. The summed E-state index contributed by atoms with van der Waals surface area (Å²) in [7, 11) is 0. The summed E-state index contributed by atoms with van der Waals surface area (Å²) in [5.74, 6) is -2.59. The Kier molecular flexibility index (Phi) is 5.18. The molecule has 0 aliphatic heterocycles. The summed E-state index contributed by atoms with van der Waals surface area (Å²) in [5.41, 5.74) is 6.47. The van der Waals surface area contributed by atoms with Gasteiger partial charge >= 0.3 is 6.09 Å². The molecule has 6 heteroatoms. The molecular formula is C18H26F2N2O2. The van der Waals surface area contributed by atoms with Gasteiger partial charge < -0.3 is 10.5 Å². The van der Waals surface area contributed by atoms with Gasteiger partial charge in [-0.2, -0.15) is 0 Å². The number of rotatable bonds is 3. The van der Waals surface area contributed by atoms with E-state index in [9.17, 15) is 13.6 Å². The first kappa shape index (κ1) is 18.6. The average Bonchev–Trinajstić information content (AvgIpc) is 2.47. The number of carbonyl (C=O) groups is 1. The molecule has 1 aliphatic rings. The zero-order chi connectivity index (χ0) is 18.0. The molecule has 0 radical (unpaired) electrons. The van der Waals surface area contributed by atoms with Crippen LogP contribution in [0.15, 0.2) is 24.3 Å². The van der Waals surface area contributed by atoms with Gasteiger partial charge in [-0.15, -0.1) is 0 Å². The van der Waals surface area contributed by atoms with E-state index in [1.54, 1.807) is 32.9 Å². The highest BCUT2D eigenvalue weighted by Gasteiger charge is 2.43. The van der Waals surface area contributed by atoms with Gasteiger partial charge in [0, 0.05) is 30.5 Å². The second kappa shape index (κ2) is 6.67. The Morgan fingerprint density at radius 3 is 2.17 bits per heavy atom. The largest absolute Gasteiger partial charge is 0.444 e. The van der Waals surface area contributed by atoms with Crippen LogP contribution in [0.25, 0.3) is 0 Å². The molecule has 0 heterocycles. The summed E-state index contributed by atoms with van der Waals surface area (Å²) in [6.07, 6.45) is -0.0596. The molecule has 0 bridgehead atoms. The maximum Gasteiger partial charge on any atom is 0.412 e. The minimum Gasteiger partial charge on any atom is -0.444 e. The summed E-state index contributed by atoms with van der Waals surface area (Å²) >= 11 is 0. The number of hydrogen-bond acceptors (Lipinski definition) is 3. The number of benzene rings is 1. The smallest absolute Gasteiger partial charge is 0.412 e. The van der Waals surface area contributed by atoms with E-state index in [-0.39, 0.29) is 12.8 Å². The molecule has 134 valence electrons. The van der Waals surface area contributed by atoms with Crippen LogP contribution in [0.4, 0.5) is 19.3 Å². The first-order valence-corrected chi connectivity index (χ1v) is 8.24. The Balaban J connectivity index is 2.07. The molecule has 4 nitrogen and oxygen atoms in total. The fraction of sp³-hybridized carbons (Fsp3) is 0.611. The highest BCUT2D eigenvalue weighted by molar-refractivity contribution is 5.84. The molecular weight excluding hydrogens is 314 g/mol. The van der Waals surface area contributed by atoms with Crippen LogP contribution in [-0.4, -0.2) is 24.2 Å². The zero-order valence-corrected chi connectivity index (χ0v) is 14.5. The third kappa shape index (κ3) is 4.66. The molecule has 0 aromatic heterocycles. The van der Waals surface area contributed by atoms with E-state index in [1.165, 1.54) is 0 Å². The van der Waals surface area contributed by atoms with Crippen molar-refractivity contribution in [1.29, 1.82) is 0 Å². The first-order chi connectivity index (χ1) is 11.1. The van der Waals surface area contributed by atoms with Gasteiger partial charge in [-0.25, -0.2) is 13.6 Å². The summed E-state index contributed by atoms with van der Waals surface area (Å²) in [6.45, 7) is 5.71. The van der Waals surface area contributed by atoms with E-state index < -0.39 is 23.0 Å². The Morgan fingerprint density at radius 2 is 1.71 bits per heavy atom. The second-order valence-electron chi connectivity index (χ2n) is 7.54. The van der Waals surface area contributed by atoms with Crippen molar-refractivity contribution in [3.8, 4) is 0 Å². The number of hydrogen-bond donors (Lipinski definition) is 2. The van der Waals surface area contributed by atoms with Gasteiger partial charge in [0.05, 0.1) is 0 Å². The number of amides is 1. The number of anilines is 1. The van der Waals surface area contributed by atoms with Gasteiger partial charge in [0.2, 0.25) is 5.92 Å². The van der Waals surface area contributed by atoms with Crippen molar-refractivity contribution in [2.24, 2.45) is 5.73 Å². The third-order valence-electron chi connectivity index (χ3n) is 4.47. The summed E-state index contributed by atoms with van der Waals surface area (Å²) < 4.78 is 32.1. The highest BCUT2D eigenvalue weighted by atomic mass is 19.3. The molecule has 0 saturated heterocycles. The number of nitrogens with two attached hydrogens (primary N) is 1. The minimum absolute atomic E-state index is 0.137. The Hall–Kier alpha value is -1.69. The van der Waals surface area contributed by atoms with Gasteiger partial charge in [0.15, 0.2) is 0 Å². The molecule has 1 fully saturated rings. The fourth-order valence-electron chi connectivity index (χ4n) is 3.03. The van der Waals surface area contributed by atoms with E-state index >= 15 is 0 Å². The van der Waals surface area contributed by atoms with Gasteiger partial charge in [-0.3, -0.25) is 5.32 Å². The lowest BCUT2D eigenvalue weighted by atomic mass is 9.68. The number of carbonyl (C=O) groups excluding carboxylic acids is 1. The SMILES string of the molecule is CC(C)(C)OC(=O)Nc1ccc(C2(CN)CCC(F)(F)CC2)cc1. The lowest BCUT2D eigenvalue weighted by Crippen LogP contribution is -2.42. The third-order valence-corrected chi connectivity index (χ3v) is 4.47. The first-order valence-electron chi connectivity index (χ1n) is 8.24. The van der Waals surface area contributed by atoms with Crippen molar-refractivity contribution in [2.45, 2.75) is 63.4 Å². The van der Waals surface area contributed by atoms with Crippen LogP contribution in [0.1, 0.15) is 52.0 Å². The predicted octanol–water partition coefficient (Wildman–Crippen LogP) is 4.44. The molecule has 0 atom stereocenters. The van der Waals surface area contributed by atoms with Crippen LogP contribution in [0.2, 0.25) is 0 Å². The van der Waals surface area contributed by atoms with Crippen LogP contribution < -0.4 is 11.1 Å². The summed E-state index contributed by atoms with van der Waals surface area (Å²) in [4.78, 5) is 11.8. The average molecular weight is 340 g/mol. The van der Waals surface area contributed by atoms with Gasteiger partial charge in [0.1, 0.15) is 5.60 Å². The number of ether oxygens (including phenoxy) is 1. The van der Waals surface area contributed by atoms with E-state index in [0.29, 0.717) is 25.1 Å². The van der Waals surface area contributed by atoms with E-state index in [2.05, 4.69) is 5.32 Å². The summed E-state index contributed by atoms with van der Waals surface area (Å²) in [5, 5.41) is 2.66.